The highest BCUT2D eigenvalue weighted by molar-refractivity contribution is 5.83. The van der Waals surface area contributed by atoms with Gasteiger partial charge in [0.2, 0.25) is 0 Å². The highest BCUT2D eigenvalue weighted by Gasteiger charge is 2.57. The van der Waals surface area contributed by atoms with Crippen LogP contribution < -0.4 is 0 Å². The largest absolute Gasteiger partial charge is 0.390 e. The van der Waals surface area contributed by atoms with Crippen LogP contribution in [0.25, 0.3) is 0 Å². The predicted octanol–water partition coefficient (Wildman–Crippen LogP) is 3.49. The molecule has 3 nitrogen and oxygen atoms in total. The van der Waals surface area contributed by atoms with Crippen LogP contribution in [-0.4, -0.2) is 28.2 Å². The molecule has 4 aliphatic carbocycles. The zero-order chi connectivity index (χ0) is 17.1. The Morgan fingerprint density at radius 2 is 1.96 bits per heavy atom. The lowest BCUT2D eigenvalue weighted by Gasteiger charge is -2.54. The quantitative estimate of drug-likeness (QED) is 0.761. The molecule has 0 bridgehead atoms. The van der Waals surface area contributed by atoms with E-state index in [2.05, 4.69) is 13.0 Å². The molecule has 4 rings (SSSR count). The van der Waals surface area contributed by atoms with Crippen molar-refractivity contribution < 1.29 is 15.0 Å². The van der Waals surface area contributed by atoms with Gasteiger partial charge >= 0.3 is 0 Å². The summed E-state index contributed by atoms with van der Waals surface area (Å²) in [4.78, 5) is 12.2. The van der Waals surface area contributed by atoms with E-state index >= 15 is 0 Å². The van der Waals surface area contributed by atoms with Crippen molar-refractivity contribution in [2.75, 3.05) is 6.61 Å². The molecule has 0 radical (unpaired) electrons. The second kappa shape index (κ2) is 5.67. The Balaban J connectivity index is 1.59. The van der Waals surface area contributed by atoms with Crippen LogP contribution in [0, 0.1) is 35.0 Å². The molecule has 7 atom stereocenters. The SMILES string of the molecule is CC1(O)CCC2C(=CCC3C2CCC2(C)C(C(=O)CO)CCC32)C1. The average Bonchev–Trinajstić information content (AvgIpc) is 2.90. The lowest BCUT2D eigenvalue weighted by atomic mass is 9.51. The van der Waals surface area contributed by atoms with Crippen LogP contribution >= 0.6 is 0 Å². The van der Waals surface area contributed by atoms with Gasteiger partial charge < -0.3 is 10.2 Å². The number of aliphatic hydroxyl groups is 2. The summed E-state index contributed by atoms with van der Waals surface area (Å²) in [6, 6.07) is 0. The van der Waals surface area contributed by atoms with E-state index in [1.54, 1.807) is 0 Å². The topological polar surface area (TPSA) is 57.5 Å². The molecule has 0 spiro atoms. The van der Waals surface area contributed by atoms with Crippen LogP contribution in [-0.2, 0) is 4.79 Å². The van der Waals surface area contributed by atoms with Crippen molar-refractivity contribution in [2.45, 2.75) is 70.8 Å². The molecule has 0 aromatic carbocycles. The molecule has 0 heterocycles. The second-order valence-electron chi connectivity index (χ2n) is 9.57. The van der Waals surface area contributed by atoms with E-state index in [0.717, 1.165) is 50.9 Å². The summed E-state index contributed by atoms with van der Waals surface area (Å²) in [6.45, 7) is 4.02. The fraction of sp³-hybridized carbons (Fsp3) is 0.857. The minimum absolute atomic E-state index is 0.0687. The predicted molar refractivity (Wildman–Crippen MR) is 93.3 cm³/mol. The number of rotatable bonds is 2. The number of fused-ring (bicyclic) bond motifs is 5. The first-order valence-electron chi connectivity index (χ1n) is 9.90. The molecule has 0 aromatic rings. The van der Waals surface area contributed by atoms with E-state index in [1.807, 2.05) is 6.92 Å². The lowest BCUT2D eigenvalue weighted by Crippen LogP contribution is -2.48. The minimum atomic E-state index is -0.510. The van der Waals surface area contributed by atoms with Crippen molar-refractivity contribution >= 4 is 5.78 Å². The van der Waals surface area contributed by atoms with Gasteiger partial charge in [-0.2, -0.15) is 0 Å². The summed E-state index contributed by atoms with van der Waals surface area (Å²) in [6.07, 6.45) is 11.0. The highest BCUT2D eigenvalue weighted by Crippen LogP contribution is 2.63. The zero-order valence-electron chi connectivity index (χ0n) is 15.1. The first-order chi connectivity index (χ1) is 11.4. The third kappa shape index (κ3) is 2.42. The average molecular weight is 332 g/mol. The molecule has 0 aromatic heterocycles. The summed E-state index contributed by atoms with van der Waals surface area (Å²) in [5.41, 5.74) is 1.11. The van der Waals surface area contributed by atoms with Crippen LogP contribution in [0.15, 0.2) is 11.6 Å². The van der Waals surface area contributed by atoms with Crippen molar-refractivity contribution in [2.24, 2.45) is 35.0 Å². The van der Waals surface area contributed by atoms with Crippen LogP contribution in [0.4, 0.5) is 0 Å². The van der Waals surface area contributed by atoms with Crippen LogP contribution in [0.1, 0.15) is 65.2 Å². The number of ketones is 1. The van der Waals surface area contributed by atoms with Crippen LogP contribution in [0.2, 0.25) is 0 Å². The molecule has 0 aliphatic heterocycles. The molecular weight excluding hydrogens is 300 g/mol. The van der Waals surface area contributed by atoms with Gasteiger partial charge in [-0.3, -0.25) is 4.79 Å². The molecule has 134 valence electrons. The number of allylic oxidation sites excluding steroid dienone is 1. The Kier molecular flexibility index (Phi) is 3.96. The van der Waals surface area contributed by atoms with Gasteiger partial charge in [0, 0.05) is 5.92 Å². The maximum absolute atomic E-state index is 12.2. The molecule has 2 N–H and O–H groups in total. The molecule has 3 heteroatoms. The van der Waals surface area contributed by atoms with Gasteiger partial charge in [0.25, 0.3) is 0 Å². The highest BCUT2D eigenvalue weighted by atomic mass is 16.3. The van der Waals surface area contributed by atoms with Crippen molar-refractivity contribution in [3.63, 3.8) is 0 Å². The summed E-state index contributed by atoms with van der Waals surface area (Å²) in [5.74, 6) is 2.91. The number of hydrogen-bond donors (Lipinski definition) is 2. The third-order valence-corrected chi connectivity index (χ3v) is 8.26. The zero-order valence-corrected chi connectivity index (χ0v) is 15.1. The Morgan fingerprint density at radius 1 is 1.17 bits per heavy atom. The molecule has 3 fully saturated rings. The molecule has 0 amide bonds. The molecular formula is C21H32O3. The summed E-state index contributed by atoms with van der Waals surface area (Å²) in [7, 11) is 0. The molecule has 24 heavy (non-hydrogen) atoms. The Morgan fingerprint density at radius 3 is 2.71 bits per heavy atom. The number of Topliss-reactive ketones (excluding diaryl/α,β-unsaturated/α-hetero) is 1. The Labute approximate surface area is 145 Å². The monoisotopic (exact) mass is 332 g/mol. The first-order valence-corrected chi connectivity index (χ1v) is 9.90. The van der Waals surface area contributed by atoms with Gasteiger partial charge in [-0.1, -0.05) is 18.6 Å². The maximum atomic E-state index is 12.2. The van der Waals surface area contributed by atoms with Gasteiger partial charge in [0.15, 0.2) is 5.78 Å². The fourth-order valence-corrected chi connectivity index (χ4v) is 7.11. The number of hydrogen-bond acceptors (Lipinski definition) is 3. The lowest BCUT2D eigenvalue weighted by molar-refractivity contribution is -0.131. The van der Waals surface area contributed by atoms with Crippen molar-refractivity contribution in [3.05, 3.63) is 11.6 Å². The summed E-state index contributed by atoms with van der Waals surface area (Å²) in [5, 5.41) is 19.8. The van der Waals surface area contributed by atoms with Gasteiger partial charge in [0.05, 0.1) is 5.60 Å². The third-order valence-electron chi connectivity index (χ3n) is 8.26. The number of carbonyl (C=O) groups is 1. The molecule has 3 saturated carbocycles. The van der Waals surface area contributed by atoms with Crippen molar-refractivity contribution in [3.8, 4) is 0 Å². The Hall–Kier alpha value is -0.670. The standard InChI is InChI=1S/C21H32O3/c1-20(24)9-7-14-13(11-20)3-4-16-15(14)8-10-21(2)17(16)5-6-18(21)19(23)12-22/h3,14-18,22,24H,4-12H2,1-2H3. The second-order valence-corrected chi connectivity index (χ2v) is 9.57. The van der Waals surface area contributed by atoms with Crippen LogP contribution in [0.5, 0.6) is 0 Å². The minimum Gasteiger partial charge on any atom is -0.390 e. The molecule has 0 saturated heterocycles. The fourth-order valence-electron chi connectivity index (χ4n) is 7.11. The van der Waals surface area contributed by atoms with Crippen molar-refractivity contribution in [1.29, 1.82) is 0 Å². The van der Waals surface area contributed by atoms with Gasteiger partial charge in [-0.15, -0.1) is 0 Å². The van der Waals surface area contributed by atoms with E-state index < -0.39 is 5.60 Å². The van der Waals surface area contributed by atoms with Crippen LogP contribution in [0.3, 0.4) is 0 Å². The van der Waals surface area contributed by atoms with Gasteiger partial charge in [-0.25, -0.2) is 0 Å². The maximum Gasteiger partial charge on any atom is 0.161 e. The molecule has 4 aliphatic rings. The smallest absolute Gasteiger partial charge is 0.161 e. The van der Waals surface area contributed by atoms with Gasteiger partial charge in [-0.05, 0) is 87.4 Å². The van der Waals surface area contributed by atoms with Crippen molar-refractivity contribution in [1.82, 2.24) is 0 Å². The van der Waals surface area contributed by atoms with E-state index in [4.69, 9.17) is 0 Å². The number of aliphatic hydroxyl groups excluding tert-OH is 1. The van der Waals surface area contributed by atoms with E-state index in [1.165, 1.54) is 12.0 Å². The summed E-state index contributed by atoms with van der Waals surface area (Å²) < 4.78 is 0. The van der Waals surface area contributed by atoms with Gasteiger partial charge in [0.1, 0.15) is 6.61 Å². The Bertz CT molecular complexity index is 563. The summed E-state index contributed by atoms with van der Waals surface area (Å²) >= 11 is 0. The first kappa shape index (κ1) is 16.8. The molecule has 7 unspecified atom stereocenters. The van der Waals surface area contributed by atoms with E-state index in [0.29, 0.717) is 17.8 Å². The van der Waals surface area contributed by atoms with E-state index in [9.17, 15) is 15.0 Å². The van der Waals surface area contributed by atoms with E-state index in [-0.39, 0.29) is 23.7 Å². The normalized spacial score (nSPS) is 50.5. The number of carbonyl (C=O) groups excluding carboxylic acids is 1.